The molecule has 4 rings (SSSR count). The second-order valence-electron chi connectivity index (χ2n) is 5.96. The molecule has 0 radical (unpaired) electrons. The molecule has 0 unspecified atom stereocenters. The van der Waals surface area contributed by atoms with Crippen LogP contribution in [-0.2, 0) is 17.9 Å². The van der Waals surface area contributed by atoms with Crippen molar-refractivity contribution < 1.29 is 4.79 Å². The predicted octanol–water partition coefficient (Wildman–Crippen LogP) is 1.43. The van der Waals surface area contributed by atoms with Crippen molar-refractivity contribution in [1.29, 1.82) is 0 Å². The number of hydrogen-bond acceptors (Lipinski definition) is 6. The minimum atomic E-state index is -0.287. The molecule has 4 aromatic rings. The van der Waals surface area contributed by atoms with Gasteiger partial charge in [0.05, 0.1) is 18.3 Å². The molecule has 9 heteroatoms. The predicted molar refractivity (Wildman–Crippen MR) is 98.2 cm³/mol. The number of carbonyl (C=O) groups excluding carboxylic acids is 1. The van der Waals surface area contributed by atoms with Gasteiger partial charge in [-0.25, -0.2) is 4.98 Å². The third kappa shape index (κ3) is 2.76. The van der Waals surface area contributed by atoms with Crippen LogP contribution in [0.5, 0.6) is 0 Å². The highest BCUT2D eigenvalue weighted by atomic mass is 32.1. The fourth-order valence-corrected chi connectivity index (χ4v) is 3.77. The number of fused-ring (bicyclic) bond motifs is 2. The van der Waals surface area contributed by atoms with Crippen LogP contribution < -0.4 is 10.9 Å². The maximum Gasteiger partial charge on any atom is 0.262 e. The monoisotopic (exact) mass is 368 g/mol. The summed E-state index contributed by atoms with van der Waals surface area (Å²) in [6, 6.07) is 5.58. The molecule has 132 valence electrons. The van der Waals surface area contributed by atoms with E-state index >= 15 is 0 Å². The molecule has 1 amide bonds. The molecule has 0 bridgehead atoms. The van der Waals surface area contributed by atoms with Crippen LogP contribution in [0, 0.1) is 13.8 Å². The third-order valence-corrected chi connectivity index (χ3v) is 5.41. The molecule has 4 heterocycles. The van der Waals surface area contributed by atoms with Gasteiger partial charge in [-0.1, -0.05) is 6.07 Å². The lowest BCUT2D eigenvalue weighted by molar-refractivity contribution is -0.121. The van der Waals surface area contributed by atoms with Gasteiger partial charge in [0, 0.05) is 11.1 Å². The molecule has 0 aliphatic rings. The summed E-state index contributed by atoms with van der Waals surface area (Å²) in [4.78, 5) is 31.0. The van der Waals surface area contributed by atoms with E-state index in [2.05, 4.69) is 20.5 Å². The van der Waals surface area contributed by atoms with E-state index in [1.807, 2.05) is 38.2 Å². The van der Waals surface area contributed by atoms with E-state index < -0.39 is 0 Å². The van der Waals surface area contributed by atoms with Crippen LogP contribution in [0.25, 0.3) is 15.9 Å². The lowest BCUT2D eigenvalue weighted by atomic mass is 10.2. The number of thiophene rings is 1. The second-order valence-corrected chi connectivity index (χ2v) is 7.17. The Morgan fingerprint density at radius 2 is 2.12 bits per heavy atom. The van der Waals surface area contributed by atoms with Gasteiger partial charge < -0.3 is 5.32 Å². The minimum absolute atomic E-state index is 0.0904. The van der Waals surface area contributed by atoms with E-state index in [0.29, 0.717) is 21.7 Å². The highest BCUT2D eigenvalue weighted by Crippen LogP contribution is 2.25. The Morgan fingerprint density at radius 1 is 1.27 bits per heavy atom. The number of carbonyl (C=O) groups is 1. The van der Waals surface area contributed by atoms with Gasteiger partial charge >= 0.3 is 0 Å². The van der Waals surface area contributed by atoms with Gasteiger partial charge in [0.25, 0.3) is 5.56 Å². The number of aryl methyl sites for hydroxylation is 2. The van der Waals surface area contributed by atoms with E-state index in [1.165, 1.54) is 22.2 Å². The Kier molecular flexibility index (Phi) is 4.00. The fraction of sp³-hybridized carbons (Fsp3) is 0.235. The standard InChI is InChI=1S/C17H16N6O2S/c1-10-11(2)26-16-15(10)17(25)22(9-19-16)8-14(24)18-7-13-21-20-12-5-3-4-6-23(12)13/h3-6,9H,7-8H2,1-2H3,(H,18,24). The molecule has 0 aromatic carbocycles. The maximum atomic E-state index is 12.6. The van der Waals surface area contributed by atoms with Gasteiger partial charge in [-0.15, -0.1) is 21.5 Å². The first kappa shape index (κ1) is 16.4. The quantitative estimate of drug-likeness (QED) is 0.588. The topological polar surface area (TPSA) is 94.2 Å². The first-order valence-electron chi connectivity index (χ1n) is 8.05. The Hall–Kier alpha value is -3.07. The largest absolute Gasteiger partial charge is 0.347 e. The van der Waals surface area contributed by atoms with Crippen LogP contribution in [0.15, 0.2) is 35.5 Å². The zero-order valence-corrected chi connectivity index (χ0v) is 15.1. The highest BCUT2D eigenvalue weighted by molar-refractivity contribution is 7.18. The summed E-state index contributed by atoms with van der Waals surface area (Å²) in [5.74, 6) is 0.338. The maximum absolute atomic E-state index is 12.6. The summed E-state index contributed by atoms with van der Waals surface area (Å²) in [5, 5.41) is 11.5. The number of rotatable bonds is 4. The SMILES string of the molecule is Cc1sc2ncn(CC(=O)NCc3nnc4ccccn34)c(=O)c2c1C. The summed E-state index contributed by atoms with van der Waals surface area (Å²) >= 11 is 1.49. The van der Waals surface area contributed by atoms with Gasteiger partial charge in [0.2, 0.25) is 5.91 Å². The lowest BCUT2D eigenvalue weighted by Crippen LogP contribution is -2.32. The Labute approximate surface area is 152 Å². The van der Waals surface area contributed by atoms with Crippen LogP contribution in [0.2, 0.25) is 0 Å². The van der Waals surface area contributed by atoms with Gasteiger partial charge in [-0.05, 0) is 31.5 Å². The molecule has 8 nitrogen and oxygen atoms in total. The molecule has 0 saturated carbocycles. The van der Waals surface area contributed by atoms with Crippen molar-refractivity contribution in [2.24, 2.45) is 0 Å². The Balaban J connectivity index is 1.51. The molecule has 0 aliphatic carbocycles. The van der Waals surface area contributed by atoms with E-state index in [-0.39, 0.29) is 24.6 Å². The molecule has 0 fully saturated rings. The zero-order valence-electron chi connectivity index (χ0n) is 14.3. The molecular formula is C17H16N6O2S. The van der Waals surface area contributed by atoms with Gasteiger partial charge in [0.1, 0.15) is 11.4 Å². The number of nitrogens with zero attached hydrogens (tertiary/aromatic N) is 5. The van der Waals surface area contributed by atoms with E-state index in [4.69, 9.17) is 0 Å². The molecule has 4 aromatic heterocycles. The molecule has 1 N–H and O–H groups in total. The van der Waals surface area contributed by atoms with Crippen LogP contribution >= 0.6 is 11.3 Å². The van der Waals surface area contributed by atoms with E-state index in [9.17, 15) is 9.59 Å². The van der Waals surface area contributed by atoms with E-state index in [1.54, 1.807) is 4.40 Å². The van der Waals surface area contributed by atoms with Gasteiger partial charge in [0.15, 0.2) is 11.5 Å². The van der Waals surface area contributed by atoms with Gasteiger partial charge in [-0.2, -0.15) is 0 Å². The van der Waals surface area contributed by atoms with Crippen LogP contribution in [0.1, 0.15) is 16.3 Å². The van der Waals surface area contributed by atoms with Crippen molar-refractivity contribution in [3.05, 3.63) is 57.3 Å². The number of hydrogen-bond donors (Lipinski definition) is 1. The molecule has 0 saturated heterocycles. The number of pyridine rings is 1. The van der Waals surface area contributed by atoms with Crippen molar-refractivity contribution in [3.8, 4) is 0 Å². The molecule has 0 atom stereocenters. The normalized spacial score (nSPS) is 11.3. The molecular weight excluding hydrogens is 352 g/mol. The summed E-state index contributed by atoms with van der Waals surface area (Å²) in [5.41, 5.74) is 1.44. The number of nitrogens with one attached hydrogen (secondary N) is 1. The summed E-state index contributed by atoms with van der Waals surface area (Å²) in [7, 11) is 0. The van der Waals surface area contributed by atoms with Crippen molar-refractivity contribution in [2.75, 3.05) is 0 Å². The van der Waals surface area contributed by atoms with Crippen molar-refractivity contribution >= 4 is 33.1 Å². The van der Waals surface area contributed by atoms with Gasteiger partial charge in [-0.3, -0.25) is 18.6 Å². The molecule has 0 spiro atoms. The lowest BCUT2D eigenvalue weighted by Gasteiger charge is -2.07. The van der Waals surface area contributed by atoms with Crippen molar-refractivity contribution in [2.45, 2.75) is 26.9 Å². The fourth-order valence-electron chi connectivity index (χ4n) is 2.78. The van der Waals surface area contributed by atoms with Crippen molar-refractivity contribution in [3.63, 3.8) is 0 Å². The molecule has 26 heavy (non-hydrogen) atoms. The second kappa shape index (κ2) is 6.34. The number of aromatic nitrogens is 5. The first-order valence-corrected chi connectivity index (χ1v) is 8.86. The zero-order chi connectivity index (χ0) is 18.3. The van der Waals surface area contributed by atoms with Crippen LogP contribution in [0.3, 0.4) is 0 Å². The number of amides is 1. The Bertz CT molecular complexity index is 1190. The average Bonchev–Trinajstić information content (AvgIpc) is 3.17. The molecule has 0 aliphatic heterocycles. The van der Waals surface area contributed by atoms with E-state index in [0.717, 1.165) is 10.4 Å². The van der Waals surface area contributed by atoms with Crippen LogP contribution in [-0.4, -0.2) is 30.1 Å². The Morgan fingerprint density at radius 3 is 2.96 bits per heavy atom. The summed E-state index contributed by atoms with van der Waals surface area (Å²) in [6.45, 7) is 4.00. The summed E-state index contributed by atoms with van der Waals surface area (Å²) < 4.78 is 3.14. The minimum Gasteiger partial charge on any atom is -0.347 e. The highest BCUT2D eigenvalue weighted by Gasteiger charge is 2.14. The summed E-state index contributed by atoms with van der Waals surface area (Å²) in [6.07, 6.45) is 3.26. The first-order chi connectivity index (χ1) is 12.5. The van der Waals surface area contributed by atoms with Crippen LogP contribution in [0.4, 0.5) is 0 Å². The average molecular weight is 368 g/mol. The third-order valence-electron chi connectivity index (χ3n) is 4.30. The van der Waals surface area contributed by atoms with Crippen molar-refractivity contribution in [1.82, 2.24) is 29.5 Å². The smallest absolute Gasteiger partial charge is 0.262 e.